The lowest BCUT2D eigenvalue weighted by Crippen LogP contribution is -2.09. The van der Waals surface area contributed by atoms with Crippen molar-refractivity contribution in [2.45, 2.75) is 30.7 Å². The molecule has 0 aliphatic carbocycles. The molecule has 1 aliphatic rings. The second kappa shape index (κ2) is 6.69. The second-order valence-corrected chi connectivity index (χ2v) is 5.45. The van der Waals surface area contributed by atoms with Crippen molar-refractivity contribution in [2.24, 2.45) is 0 Å². The van der Waals surface area contributed by atoms with Gasteiger partial charge in [-0.3, -0.25) is 0 Å². The maximum absolute atomic E-state index is 6.48. The SMILES string of the molecule is COc1ccc(C(Cl)CC2CCCO2)c(OC)c1Cl. The smallest absolute Gasteiger partial charge is 0.145 e. The van der Waals surface area contributed by atoms with Crippen molar-refractivity contribution in [1.82, 2.24) is 0 Å². The van der Waals surface area contributed by atoms with E-state index < -0.39 is 0 Å². The number of benzene rings is 1. The molecule has 5 heteroatoms. The quantitative estimate of drug-likeness (QED) is 0.763. The zero-order chi connectivity index (χ0) is 13.8. The molecule has 0 bridgehead atoms. The molecule has 1 fully saturated rings. The molecule has 1 heterocycles. The first kappa shape index (κ1) is 14.8. The van der Waals surface area contributed by atoms with E-state index in [1.807, 2.05) is 12.1 Å². The van der Waals surface area contributed by atoms with E-state index in [1.165, 1.54) is 0 Å². The van der Waals surface area contributed by atoms with E-state index in [-0.39, 0.29) is 11.5 Å². The highest BCUT2D eigenvalue weighted by Crippen LogP contribution is 2.43. The van der Waals surface area contributed by atoms with Gasteiger partial charge < -0.3 is 14.2 Å². The molecule has 1 aromatic carbocycles. The fraction of sp³-hybridized carbons (Fsp3) is 0.571. The highest BCUT2D eigenvalue weighted by atomic mass is 35.5. The molecule has 0 spiro atoms. The van der Waals surface area contributed by atoms with E-state index >= 15 is 0 Å². The molecule has 1 aliphatic heterocycles. The zero-order valence-corrected chi connectivity index (χ0v) is 12.6. The van der Waals surface area contributed by atoms with Crippen molar-refractivity contribution in [2.75, 3.05) is 20.8 Å². The molecule has 0 aromatic heterocycles. The molecule has 0 saturated carbocycles. The number of methoxy groups -OCH3 is 2. The molecule has 2 rings (SSSR count). The first-order valence-electron chi connectivity index (χ1n) is 6.33. The lowest BCUT2D eigenvalue weighted by molar-refractivity contribution is 0.103. The standard InChI is InChI=1S/C14H18Cl2O3/c1-17-12-6-5-10(14(18-2)13(12)16)11(15)8-9-4-3-7-19-9/h5-6,9,11H,3-4,7-8H2,1-2H3. The lowest BCUT2D eigenvalue weighted by Gasteiger charge is -2.19. The number of rotatable bonds is 5. The summed E-state index contributed by atoms with van der Waals surface area (Å²) in [7, 11) is 3.16. The normalized spacial score (nSPS) is 20.3. The molecular formula is C14H18Cl2O3. The average Bonchev–Trinajstić information content (AvgIpc) is 2.91. The third-order valence-electron chi connectivity index (χ3n) is 3.35. The van der Waals surface area contributed by atoms with E-state index in [1.54, 1.807) is 14.2 Å². The van der Waals surface area contributed by atoms with Gasteiger partial charge in [-0.2, -0.15) is 0 Å². The molecule has 1 aromatic rings. The fourth-order valence-electron chi connectivity index (χ4n) is 2.35. The molecule has 1 saturated heterocycles. The van der Waals surface area contributed by atoms with Crippen LogP contribution in [0.4, 0.5) is 0 Å². The molecule has 2 unspecified atom stereocenters. The third-order valence-corrected chi connectivity index (χ3v) is 4.12. The van der Waals surface area contributed by atoms with Crippen molar-refractivity contribution >= 4 is 23.2 Å². The predicted molar refractivity (Wildman–Crippen MR) is 76.7 cm³/mol. The molecule has 0 amide bonds. The molecule has 106 valence electrons. The summed E-state index contributed by atoms with van der Waals surface area (Å²) in [4.78, 5) is 0. The maximum Gasteiger partial charge on any atom is 0.145 e. The van der Waals surface area contributed by atoms with Crippen LogP contribution in [0, 0.1) is 0 Å². The number of halogens is 2. The fourth-order valence-corrected chi connectivity index (χ4v) is 3.05. The van der Waals surface area contributed by atoms with Crippen LogP contribution in [0.1, 0.15) is 30.2 Å². The van der Waals surface area contributed by atoms with Gasteiger partial charge in [0.15, 0.2) is 0 Å². The minimum absolute atomic E-state index is 0.179. The monoisotopic (exact) mass is 304 g/mol. The minimum atomic E-state index is -0.179. The van der Waals surface area contributed by atoms with Crippen LogP contribution in [-0.4, -0.2) is 26.9 Å². The number of hydrogen-bond donors (Lipinski definition) is 0. The third kappa shape index (κ3) is 3.28. The first-order chi connectivity index (χ1) is 9.17. The van der Waals surface area contributed by atoms with E-state index in [0.717, 1.165) is 31.4 Å². The summed E-state index contributed by atoms with van der Waals surface area (Å²) < 4.78 is 16.2. The molecule has 0 radical (unpaired) electrons. The topological polar surface area (TPSA) is 27.7 Å². The van der Waals surface area contributed by atoms with Gasteiger partial charge in [0.2, 0.25) is 0 Å². The highest BCUT2D eigenvalue weighted by molar-refractivity contribution is 6.34. The van der Waals surface area contributed by atoms with Gasteiger partial charge in [-0.15, -0.1) is 11.6 Å². The summed E-state index contributed by atoms with van der Waals surface area (Å²) in [6, 6.07) is 3.71. The number of alkyl halides is 1. The van der Waals surface area contributed by atoms with Gasteiger partial charge in [0.25, 0.3) is 0 Å². The van der Waals surface area contributed by atoms with Crippen molar-refractivity contribution in [3.63, 3.8) is 0 Å². The van der Waals surface area contributed by atoms with Gasteiger partial charge in [-0.25, -0.2) is 0 Å². The molecular weight excluding hydrogens is 287 g/mol. The van der Waals surface area contributed by atoms with Gasteiger partial charge in [0, 0.05) is 12.2 Å². The maximum atomic E-state index is 6.48. The Bertz CT molecular complexity index is 431. The summed E-state index contributed by atoms with van der Waals surface area (Å²) in [6.07, 6.45) is 3.16. The molecule has 19 heavy (non-hydrogen) atoms. The van der Waals surface area contributed by atoms with Crippen LogP contribution in [0.25, 0.3) is 0 Å². The van der Waals surface area contributed by atoms with Crippen LogP contribution >= 0.6 is 23.2 Å². The van der Waals surface area contributed by atoms with Gasteiger partial charge in [-0.1, -0.05) is 17.7 Å². The lowest BCUT2D eigenvalue weighted by atomic mass is 10.0. The van der Waals surface area contributed by atoms with Crippen LogP contribution in [-0.2, 0) is 4.74 Å². The first-order valence-corrected chi connectivity index (χ1v) is 7.14. The van der Waals surface area contributed by atoms with E-state index in [2.05, 4.69) is 0 Å². The Morgan fingerprint density at radius 1 is 1.37 bits per heavy atom. The molecule has 0 N–H and O–H groups in total. The van der Waals surface area contributed by atoms with Crippen molar-refractivity contribution in [3.8, 4) is 11.5 Å². The summed E-state index contributed by atoms with van der Waals surface area (Å²) in [5.74, 6) is 1.17. The van der Waals surface area contributed by atoms with Crippen LogP contribution < -0.4 is 9.47 Å². The Labute approximate surface area is 123 Å². The summed E-state index contributed by atoms with van der Waals surface area (Å²) >= 11 is 12.7. The van der Waals surface area contributed by atoms with Crippen molar-refractivity contribution in [1.29, 1.82) is 0 Å². The van der Waals surface area contributed by atoms with Gasteiger partial charge >= 0.3 is 0 Å². The number of hydrogen-bond acceptors (Lipinski definition) is 3. The van der Waals surface area contributed by atoms with Gasteiger partial charge in [-0.05, 0) is 25.3 Å². The van der Waals surface area contributed by atoms with Crippen molar-refractivity contribution in [3.05, 3.63) is 22.7 Å². The largest absolute Gasteiger partial charge is 0.495 e. The highest BCUT2D eigenvalue weighted by Gasteiger charge is 2.24. The summed E-state index contributed by atoms with van der Waals surface area (Å²) in [5.41, 5.74) is 0.880. The molecule has 2 atom stereocenters. The van der Waals surface area contributed by atoms with Gasteiger partial charge in [0.1, 0.15) is 16.5 Å². The Kier molecular flexibility index (Phi) is 5.20. The van der Waals surface area contributed by atoms with E-state index in [0.29, 0.717) is 16.5 Å². The van der Waals surface area contributed by atoms with Crippen LogP contribution in [0.15, 0.2) is 12.1 Å². The summed E-state index contributed by atoms with van der Waals surface area (Å²) in [5, 5.41) is 0.280. The second-order valence-electron chi connectivity index (χ2n) is 4.54. The van der Waals surface area contributed by atoms with E-state index in [9.17, 15) is 0 Å². The Morgan fingerprint density at radius 3 is 2.74 bits per heavy atom. The van der Waals surface area contributed by atoms with Crippen molar-refractivity contribution < 1.29 is 14.2 Å². The van der Waals surface area contributed by atoms with Gasteiger partial charge in [0.05, 0.1) is 25.7 Å². The van der Waals surface area contributed by atoms with E-state index in [4.69, 9.17) is 37.4 Å². The average molecular weight is 305 g/mol. The van der Waals surface area contributed by atoms with Crippen LogP contribution in [0.2, 0.25) is 5.02 Å². The Morgan fingerprint density at radius 2 is 2.16 bits per heavy atom. The molecule has 3 nitrogen and oxygen atoms in total. The van der Waals surface area contributed by atoms with Crippen LogP contribution in [0.3, 0.4) is 0 Å². The predicted octanol–water partition coefficient (Wildman–Crippen LogP) is 4.21. The number of ether oxygens (including phenoxy) is 3. The van der Waals surface area contributed by atoms with Crippen LogP contribution in [0.5, 0.6) is 11.5 Å². The minimum Gasteiger partial charge on any atom is -0.495 e. The summed E-state index contributed by atoms with van der Waals surface area (Å²) in [6.45, 7) is 0.828. The Balaban J connectivity index is 2.20. The zero-order valence-electron chi connectivity index (χ0n) is 11.1. The Hall–Kier alpha value is -0.640.